The van der Waals surface area contributed by atoms with Crippen LogP contribution >= 0.6 is 0 Å². The van der Waals surface area contributed by atoms with Crippen molar-refractivity contribution in [2.75, 3.05) is 13.1 Å². The minimum absolute atomic E-state index is 0.110. The number of hydrogen-bond donors (Lipinski definition) is 3. The Morgan fingerprint density at radius 2 is 1.48 bits per heavy atom. The Morgan fingerprint density at radius 1 is 0.925 bits per heavy atom. The molecule has 0 saturated heterocycles. The molecule has 1 aliphatic heterocycles. The molecule has 2 aromatic rings. The number of halogens is 6. The number of pyridine rings is 1. The average molecular weight is 582 g/mol. The zero-order valence-corrected chi connectivity index (χ0v) is 21.2. The lowest BCUT2D eigenvalue weighted by atomic mass is 10.1. The number of alkyl halides is 6. The number of carbonyl (C=O) groups excluding carboxylic acids is 1. The van der Waals surface area contributed by atoms with E-state index in [1.807, 2.05) is 18.3 Å². The van der Waals surface area contributed by atoms with Crippen LogP contribution in [0.3, 0.4) is 0 Å². The summed E-state index contributed by atoms with van der Waals surface area (Å²) in [5.41, 5.74) is 2.43. The molecule has 2 aromatic heterocycles. The Labute approximate surface area is 225 Å². The molecule has 3 heterocycles. The van der Waals surface area contributed by atoms with Crippen molar-refractivity contribution >= 4 is 17.8 Å². The second kappa shape index (κ2) is 14.6. The Kier molecular flexibility index (Phi) is 11.9. The maximum Gasteiger partial charge on any atom is 0.490 e. The molecule has 3 N–H and O–H groups in total. The first-order valence-electron chi connectivity index (χ1n) is 12.2. The number of fused-ring (bicyclic) bond motifs is 1. The predicted octanol–water partition coefficient (Wildman–Crippen LogP) is 3.59. The molecule has 2 aliphatic rings. The number of amides is 1. The molecule has 1 amide bonds. The highest BCUT2D eigenvalue weighted by atomic mass is 19.4. The van der Waals surface area contributed by atoms with Gasteiger partial charge in [-0.25, -0.2) is 9.59 Å². The highest BCUT2D eigenvalue weighted by Gasteiger charge is 2.39. The number of carbonyl (C=O) groups is 3. The third-order valence-electron chi connectivity index (χ3n) is 6.14. The first-order chi connectivity index (χ1) is 18.7. The molecule has 40 heavy (non-hydrogen) atoms. The van der Waals surface area contributed by atoms with Gasteiger partial charge in [0.2, 0.25) is 5.91 Å². The maximum absolute atomic E-state index is 12.5. The second-order valence-electron chi connectivity index (χ2n) is 9.05. The van der Waals surface area contributed by atoms with Crippen molar-refractivity contribution in [2.24, 2.45) is 0 Å². The van der Waals surface area contributed by atoms with Crippen LogP contribution in [0.25, 0.3) is 0 Å². The monoisotopic (exact) mass is 581 g/mol. The molecule has 4 rings (SSSR count). The van der Waals surface area contributed by atoms with Crippen molar-refractivity contribution in [3.63, 3.8) is 0 Å². The van der Waals surface area contributed by atoms with E-state index in [-0.39, 0.29) is 11.9 Å². The van der Waals surface area contributed by atoms with Crippen LogP contribution in [-0.2, 0) is 27.3 Å². The average Bonchev–Trinajstić information content (AvgIpc) is 3.57. The van der Waals surface area contributed by atoms with E-state index >= 15 is 0 Å². The van der Waals surface area contributed by atoms with Crippen LogP contribution in [0.4, 0.5) is 26.3 Å². The molecule has 1 unspecified atom stereocenters. The van der Waals surface area contributed by atoms with E-state index in [1.165, 1.54) is 36.9 Å². The van der Waals surface area contributed by atoms with Crippen LogP contribution in [-0.4, -0.2) is 79.2 Å². The summed E-state index contributed by atoms with van der Waals surface area (Å²) < 4.78 is 65.5. The Bertz CT molecular complexity index is 1080. The van der Waals surface area contributed by atoms with Crippen molar-refractivity contribution in [1.29, 1.82) is 0 Å². The first kappa shape index (κ1) is 32.5. The minimum atomic E-state index is -5.08. The molecule has 0 radical (unpaired) electrons. The summed E-state index contributed by atoms with van der Waals surface area (Å²) in [6.07, 6.45) is 1.85. The number of nitrogens with one attached hydrogen (secondary N) is 1. The highest BCUT2D eigenvalue weighted by molar-refractivity contribution is 5.76. The van der Waals surface area contributed by atoms with Crippen LogP contribution in [0.1, 0.15) is 49.4 Å². The normalized spacial score (nSPS) is 17.5. The Hall–Kier alpha value is -3.69. The summed E-state index contributed by atoms with van der Waals surface area (Å²) in [7, 11) is 0. The molecule has 1 aliphatic carbocycles. The van der Waals surface area contributed by atoms with E-state index in [4.69, 9.17) is 19.8 Å². The first-order valence-corrected chi connectivity index (χ1v) is 12.2. The summed E-state index contributed by atoms with van der Waals surface area (Å²) in [6.45, 7) is 2.55. The number of carboxylic acids is 2. The lowest BCUT2D eigenvalue weighted by Gasteiger charge is -2.37. The van der Waals surface area contributed by atoms with Crippen LogP contribution in [0, 0.1) is 0 Å². The molecular weight excluding hydrogens is 552 g/mol. The Balaban J connectivity index is 0.000000333. The fourth-order valence-electron chi connectivity index (χ4n) is 4.30. The third-order valence-corrected chi connectivity index (χ3v) is 6.14. The van der Waals surface area contributed by atoms with E-state index in [0.717, 1.165) is 19.5 Å². The van der Waals surface area contributed by atoms with Crippen molar-refractivity contribution in [3.8, 4) is 0 Å². The zero-order chi connectivity index (χ0) is 29.9. The van der Waals surface area contributed by atoms with Gasteiger partial charge >= 0.3 is 24.3 Å². The van der Waals surface area contributed by atoms with Gasteiger partial charge < -0.3 is 15.5 Å². The standard InChI is InChI=1S/C20H27N5O.2C2HF3O2/c26-20(22-11-7-16-5-9-21-10-6-16)13-19-15-24(17-3-1-2-4-17)14-18-8-12-23-25(18)19;2*3-2(4,5)1(6)7/h5-6,8-10,12,17,19H,1-4,7,11,13-15H2,(H,22,26);2*(H,6,7). The molecule has 1 fully saturated rings. The minimum Gasteiger partial charge on any atom is -0.475 e. The smallest absolute Gasteiger partial charge is 0.475 e. The van der Waals surface area contributed by atoms with Gasteiger partial charge in [-0.15, -0.1) is 0 Å². The molecule has 10 nitrogen and oxygen atoms in total. The van der Waals surface area contributed by atoms with Crippen LogP contribution in [0.15, 0.2) is 36.8 Å². The van der Waals surface area contributed by atoms with E-state index < -0.39 is 24.3 Å². The van der Waals surface area contributed by atoms with Gasteiger partial charge in [-0.05, 0) is 43.0 Å². The number of aromatic nitrogens is 3. The van der Waals surface area contributed by atoms with E-state index in [9.17, 15) is 31.1 Å². The molecule has 1 saturated carbocycles. The van der Waals surface area contributed by atoms with Crippen molar-refractivity contribution in [2.45, 2.75) is 69.5 Å². The number of carboxylic acid groups (broad SMARTS) is 2. The summed E-state index contributed by atoms with van der Waals surface area (Å²) in [6, 6.07) is 6.88. The van der Waals surface area contributed by atoms with Crippen LogP contribution in [0.2, 0.25) is 0 Å². The van der Waals surface area contributed by atoms with Gasteiger partial charge in [0.15, 0.2) is 0 Å². The summed E-state index contributed by atoms with van der Waals surface area (Å²) in [5, 5.41) is 21.8. The summed E-state index contributed by atoms with van der Waals surface area (Å²) in [4.78, 5) is 36.9. The molecule has 0 spiro atoms. The third kappa shape index (κ3) is 10.8. The Morgan fingerprint density at radius 3 is 2.00 bits per heavy atom. The molecule has 1 atom stereocenters. The second-order valence-corrected chi connectivity index (χ2v) is 9.05. The van der Waals surface area contributed by atoms with Gasteiger partial charge in [-0.3, -0.25) is 19.4 Å². The molecule has 0 bridgehead atoms. The van der Waals surface area contributed by atoms with Crippen molar-refractivity contribution in [3.05, 3.63) is 48.0 Å². The van der Waals surface area contributed by atoms with E-state index in [0.29, 0.717) is 19.0 Å². The van der Waals surface area contributed by atoms with Crippen LogP contribution < -0.4 is 5.32 Å². The van der Waals surface area contributed by atoms with Gasteiger partial charge in [0, 0.05) is 44.3 Å². The largest absolute Gasteiger partial charge is 0.490 e. The molecule has 16 heteroatoms. The van der Waals surface area contributed by atoms with E-state index in [1.54, 1.807) is 12.4 Å². The number of hydrogen-bond acceptors (Lipinski definition) is 6. The van der Waals surface area contributed by atoms with Crippen molar-refractivity contribution in [1.82, 2.24) is 25.0 Å². The lowest BCUT2D eigenvalue weighted by molar-refractivity contribution is -0.193. The van der Waals surface area contributed by atoms with Gasteiger partial charge in [0.05, 0.1) is 18.2 Å². The number of nitrogens with zero attached hydrogens (tertiary/aromatic N) is 4. The zero-order valence-electron chi connectivity index (χ0n) is 21.2. The summed E-state index contributed by atoms with van der Waals surface area (Å²) in [5.74, 6) is -5.40. The summed E-state index contributed by atoms with van der Waals surface area (Å²) >= 11 is 0. The number of aliphatic carboxylic acids is 2. The SMILES string of the molecule is O=C(CC1CN(C2CCCC2)Cc2ccnn21)NCCc1ccncc1.O=C(O)C(F)(F)F.O=C(O)C(F)(F)F. The van der Waals surface area contributed by atoms with Crippen molar-refractivity contribution < 1.29 is 50.9 Å². The molecular formula is C24H29F6N5O5. The molecule has 0 aromatic carbocycles. The predicted molar refractivity (Wildman–Crippen MR) is 127 cm³/mol. The fourth-order valence-corrected chi connectivity index (χ4v) is 4.30. The lowest BCUT2D eigenvalue weighted by Crippen LogP contribution is -2.44. The topological polar surface area (TPSA) is 138 Å². The van der Waals surface area contributed by atoms with Gasteiger partial charge in [-0.2, -0.15) is 31.4 Å². The van der Waals surface area contributed by atoms with Crippen LogP contribution in [0.5, 0.6) is 0 Å². The van der Waals surface area contributed by atoms with Gasteiger partial charge in [0.25, 0.3) is 0 Å². The van der Waals surface area contributed by atoms with Gasteiger partial charge in [0.1, 0.15) is 0 Å². The quantitative estimate of drug-likeness (QED) is 0.441. The number of rotatable bonds is 6. The van der Waals surface area contributed by atoms with Gasteiger partial charge in [-0.1, -0.05) is 12.8 Å². The molecule has 222 valence electrons. The van der Waals surface area contributed by atoms with E-state index in [2.05, 4.69) is 31.0 Å². The highest BCUT2D eigenvalue weighted by Crippen LogP contribution is 2.30. The maximum atomic E-state index is 12.5. The fraction of sp³-hybridized carbons (Fsp3) is 0.542.